The minimum atomic E-state index is 0.693. The molecule has 1 aliphatic rings. The van der Waals surface area contributed by atoms with Crippen LogP contribution in [0.1, 0.15) is 31.1 Å². The number of hydrogen-bond donors (Lipinski definition) is 1. The SMILES string of the molecule is CC(CNCCc1cccs1)N1CCCCC1. The van der Waals surface area contributed by atoms with Gasteiger partial charge in [-0.25, -0.2) is 0 Å². The van der Waals surface area contributed by atoms with E-state index in [4.69, 9.17) is 0 Å². The van der Waals surface area contributed by atoms with E-state index in [0.717, 1.165) is 13.1 Å². The maximum absolute atomic E-state index is 3.59. The summed E-state index contributed by atoms with van der Waals surface area (Å²) < 4.78 is 0. The molecule has 1 aromatic rings. The fourth-order valence-electron chi connectivity index (χ4n) is 2.47. The summed E-state index contributed by atoms with van der Waals surface area (Å²) in [6, 6.07) is 5.05. The second-order valence-corrected chi connectivity index (χ2v) is 6.01. The van der Waals surface area contributed by atoms with Gasteiger partial charge in [-0.05, 0) is 50.7 Å². The van der Waals surface area contributed by atoms with Gasteiger partial charge in [0.05, 0.1) is 0 Å². The van der Waals surface area contributed by atoms with Crippen LogP contribution in [0.15, 0.2) is 17.5 Å². The summed E-state index contributed by atoms with van der Waals surface area (Å²) >= 11 is 1.86. The van der Waals surface area contributed by atoms with E-state index in [-0.39, 0.29) is 0 Å². The zero-order chi connectivity index (χ0) is 11.9. The van der Waals surface area contributed by atoms with Crippen molar-refractivity contribution in [3.8, 4) is 0 Å². The molecular formula is C14H24N2S. The summed E-state index contributed by atoms with van der Waals surface area (Å²) in [7, 11) is 0. The Balaban J connectivity index is 1.57. The first-order chi connectivity index (χ1) is 8.36. The molecule has 0 spiro atoms. The third kappa shape index (κ3) is 4.41. The van der Waals surface area contributed by atoms with E-state index in [1.54, 1.807) is 0 Å². The van der Waals surface area contributed by atoms with Crippen molar-refractivity contribution in [3.63, 3.8) is 0 Å². The maximum Gasteiger partial charge on any atom is 0.0192 e. The van der Waals surface area contributed by atoms with Gasteiger partial charge in [-0.1, -0.05) is 12.5 Å². The monoisotopic (exact) mass is 252 g/mol. The van der Waals surface area contributed by atoms with Gasteiger partial charge in [0, 0.05) is 24.0 Å². The van der Waals surface area contributed by atoms with E-state index in [1.165, 1.54) is 43.6 Å². The molecule has 2 nitrogen and oxygen atoms in total. The Hall–Kier alpha value is -0.380. The molecule has 1 atom stereocenters. The summed E-state index contributed by atoms with van der Waals surface area (Å²) in [6.07, 6.45) is 5.37. The molecule has 96 valence electrons. The minimum absolute atomic E-state index is 0.693. The molecule has 0 amide bonds. The second-order valence-electron chi connectivity index (χ2n) is 4.98. The van der Waals surface area contributed by atoms with Gasteiger partial charge >= 0.3 is 0 Å². The zero-order valence-corrected chi connectivity index (χ0v) is 11.6. The van der Waals surface area contributed by atoms with Crippen LogP contribution < -0.4 is 5.32 Å². The average Bonchev–Trinajstić information content (AvgIpc) is 2.88. The quantitative estimate of drug-likeness (QED) is 0.783. The minimum Gasteiger partial charge on any atom is -0.315 e. The number of piperidine rings is 1. The molecular weight excluding hydrogens is 228 g/mol. The average molecular weight is 252 g/mol. The third-order valence-corrected chi connectivity index (χ3v) is 4.52. The highest BCUT2D eigenvalue weighted by Crippen LogP contribution is 2.11. The lowest BCUT2D eigenvalue weighted by Crippen LogP contribution is -2.43. The molecule has 0 aromatic carbocycles. The highest BCUT2D eigenvalue weighted by atomic mass is 32.1. The van der Waals surface area contributed by atoms with E-state index in [2.05, 4.69) is 34.7 Å². The Bertz CT molecular complexity index is 291. The van der Waals surface area contributed by atoms with E-state index < -0.39 is 0 Å². The molecule has 1 N–H and O–H groups in total. The van der Waals surface area contributed by atoms with Gasteiger partial charge in [0.25, 0.3) is 0 Å². The van der Waals surface area contributed by atoms with E-state index in [1.807, 2.05) is 11.3 Å². The predicted molar refractivity (Wildman–Crippen MR) is 75.8 cm³/mol. The van der Waals surface area contributed by atoms with Gasteiger partial charge in [0.1, 0.15) is 0 Å². The van der Waals surface area contributed by atoms with Crippen LogP contribution in [0.2, 0.25) is 0 Å². The number of nitrogens with zero attached hydrogens (tertiary/aromatic N) is 1. The highest BCUT2D eigenvalue weighted by Gasteiger charge is 2.15. The standard InChI is InChI=1S/C14H24N2S/c1-13(16-9-3-2-4-10-16)12-15-8-7-14-6-5-11-17-14/h5-6,11,13,15H,2-4,7-10,12H2,1H3. The molecule has 1 saturated heterocycles. The normalized spacial score (nSPS) is 19.4. The van der Waals surface area contributed by atoms with Crippen LogP contribution in [0.3, 0.4) is 0 Å². The van der Waals surface area contributed by atoms with Crippen molar-refractivity contribution in [1.82, 2.24) is 10.2 Å². The number of thiophene rings is 1. The van der Waals surface area contributed by atoms with E-state index in [9.17, 15) is 0 Å². The van der Waals surface area contributed by atoms with E-state index in [0.29, 0.717) is 6.04 Å². The molecule has 1 fully saturated rings. The molecule has 0 radical (unpaired) electrons. The summed E-state index contributed by atoms with van der Waals surface area (Å²) in [5.41, 5.74) is 0. The number of likely N-dealkylation sites (tertiary alicyclic amines) is 1. The lowest BCUT2D eigenvalue weighted by atomic mass is 10.1. The first-order valence-electron chi connectivity index (χ1n) is 6.83. The van der Waals surface area contributed by atoms with Crippen LogP contribution in [0, 0.1) is 0 Å². The van der Waals surface area contributed by atoms with Crippen molar-refractivity contribution in [2.75, 3.05) is 26.2 Å². The molecule has 0 bridgehead atoms. The fraction of sp³-hybridized carbons (Fsp3) is 0.714. The second kappa shape index (κ2) is 7.14. The Morgan fingerprint density at radius 1 is 1.35 bits per heavy atom. The summed E-state index contributed by atoms with van der Waals surface area (Å²) in [4.78, 5) is 4.12. The molecule has 1 aromatic heterocycles. The number of nitrogens with one attached hydrogen (secondary N) is 1. The molecule has 2 heterocycles. The largest absolute Gasteiger partial charge is 0.315 e. The molecule has 1 aliphatic heterocycles. The zero-order valence-electron chi connectivity index (χ0n) is 10.8. The van der Waals surface area contributed by atoms with Crippen LogP contribution in [-0.2, 0) is 6.42 Å². The summed E-state index contributed by atoms with van der Waals surface area (Å²) in [5.74, 6) is 0. The van der Waals surface area contributed by atoms with Crippen LogP contribution in [0.4, 0.5) is 0 Å². The Kier molecular flexibility index (Phi) is 5.49. The van der Waals surface area contributed by atoms with Gasteiger partial charge in [0.2, 0.25) is 0 Å². The van der Waals surface area contributed by atoms with Crippen molar-refractivity contribution in [1.29, 1.82) is 0 Å². The van der Waals surface area contributed by atoms with Crippen LogP contribution >= 0.6 is 11.3 Å². The maximum atomic E-state index is 3.59. The molecule has 0 saturated carbocycles. The molecule has 17 heavy (non-hydrogen) atoms. The molecule has 2 rings (SSSR count). The first kappa shape index (κ1) is 13.1. The summed E-state index contributed by atoms with van der Waals surface area (Å²) in [5, 5.41) is 5.74. The van der Waals surface area contributed by atoms with Crippen LogP contribution in [0.25, 0.3) is 0 Å². The topological polar surface area (TPSA) is 15.3 Å². The van der Waals surface area contributed by atoms with Gasteiger partial charge in [-0.15, -0.1) is 11.3 Å². The number of rotatable bonds is 6. The Morgan fingerprint density at radius 2 is 2.18 bits per heavy atom. The number of hydrogen-bond acceptors (Lipinski definition) is 3. The highest BCUT2D eigenvalue weighted by molar-refractivity contribution is 7.09. The van der Waals surface area contributed by atoms with Crippen molar-refractivity contribution in [2.45, 2.75) is 38.6 Å². The van der Waals surface area contributed by atoms with Gasteiger partial charge in [0.15, 0.2) is 0 Å². The van der Waals surface area contributed by atoms with Crippen molar-refractivity contribution < 1.29 is 0 Å². The van der Waals surface area contributed by atoms with Crippen molar-refractivity contribution >= 4 is 11.3 Å². The molecule has 1 unspecified atom stereocenters. The van der Waals surface area contributed by atoms with E-state index >= 15 is 0 Å². The van der Waals surface area contributed by atoms with Gasteiger partial charge < -0.3 is 5.32 Å². The van der Waals surface area contributed by atoms with Crippen LogP contribution in [0.5, 0.6) is 0 Å². The van der Waals surface area contributed by atoms with Gasteiger partial charge in [-0.3, -0.25) is 4.90 Å². The van der Waals surface area contributed by atoms with Crippen LogP contribution in [-0.4, -0.2) is 37.1 Å². The lowest BCUT2D eigenvalue weighted by molar-refractivity contribution is 0.171. The van der Waals surface area contributed by atoms with Crippen molar-refractivity contribution in [2.24, 2.45) is 0 Å². The fourth-order valence-corrected chi connectivity index (χ4v) is 3.17. The predicted octanol–water partition coefficient (Wildman–Crippen LogP) is 2.75. The summed E-state index contributed by atoms with van der Waals surface area (Å²) in [6.45, 7) is 7.19. The third-order valence-electron chi connectivity index (χ3n) is 3.58. The van der Waals surface area contributed by atoms with Crippen molar-refractivity contribution in [3.05, 3.63) is 22.4 Å². The molecule has 3 heteroatoms. The first-order valence-corrected chi connectivity index (χ1v) is 7.71. The molecule has 0 aliphatic carbocycles. The Labute approximate surface area is 109 Å². The van der Waals surface area contributed by atoms with Gasteiger partial charge in [-0.2, -0.15) is 0 Å². The lowest BCUT2D eigenvalue weighted by Gasteiger charge is -2.32. The smallest absolute Gasteiger partial charge is 0.0192 e. The Morgan fingerprint density at radius 3 is 2.88 bits per heavy atom.